The number of aromatic amines is 1. The van der Waals surface area contributed by atoms with Crippen LogP contribution in [0.1, 0.15) is 47.9 Å². The number of rotatable bonds is 4. The molecule has 4 heterocycles. The molecule has 7 heteroatoms. The van der Waals surface area contributed by atoms with Crippen molar-refractivity contribution in [3.05, 3.63) is 41.0 Å². The highest BCUT2D eigenvalue weighted by molar-refractivity contribution is 5.77. The van der Waals surface area contributed by atoms with Crippen LogP contribution in [0.5, 0.6) is 0 Å². The summed E-state index contributed by atoms with van der Waals surface area (Å²) in [4.78, 5) is 19.4. The first-order chi connectivity index (χ1) is 12.6. The van der Waals surface area contributed by atoms with Gasteiger partial charge in [-0.2, -0.15) is 5.10 Å². The van der Waals surface area contributed by atoms with Crippen LogP contribution in [0.4, 0.5) is 0 Å². The number of carbonyl (C=O) groups excluding carboxylic acids is 1. The minimum Gasteiger partial charge on any atom is -0.361 e. The molecule has 1 N–H and O–H groups in total. The Morgan fingerprint density at radius 3 is 3.08 bits per heavy atom. The SMILES string of the molecule is Cc1noc(C)c1CCC(=O)N1CCC[C@@H](c2ccc3cn[nH]c3n2)C1. The van der Waals surface area contributed by atoms with E-state index in [1.165, 1.54) is 0 Å². The van der Waals surface area contributed by atoms with Gasteiger partial charge in [-0.05, 0) is 45.2 Å². The Balaban J connectivity index is 1.41. The molecule has 3 aromatic rings. The number of nitrogens with one attached hydrogen (secondary N) is 1. The lowest BCUT2D eigenvalue weighted by Crippen LogP contribution is -2.39. The molecule has 4 rings (SSSR count). The third-order valence-corrected chi connectivity index (χ3v) is 5.28. The van der Waals surface area contributed by atoms with Crippen molar-refractivity contribution in [3.63, 3.8) is 0 Å². The molecule has 0 aliphatic carbocycles. The van der Waals surface area contributed by atoms with Crippen molar-refractivity contribution >= 4 is 16.9 Å². The van der Waals surface area contributed by atoms with Gasteiger partial charge in [0, 0.05) is 42.1 Å². The van der Waals surface area contributed by atoms with Crippen molar-refractivity contribution in [1.29, 1.82) is 0 Å². The average molecular weight is 353 g/mol. The summed E-state index contributed by atoms with van der Waals surface area (Å²) in [7, 11) is 0. The smallest absolute Gasteiger partial charge is 0.222 e. The lowest BCUT2D eigenvalue weighted by molar-refractivity contribution is -0.132. The van der Waals surface area contributed by atoms with E-state index in [0.717, 1.165) is 59.7 Å². The van der Waals surface area contributed by atoms with Crippen molar-refractivity contribution < 1.29 is 9.32 Å². The van der Waals surface area contributed by atoms with E-state index >= 15 is 0 Å². The highest BCUT2D eigenvalue weighted by atomic mass is 16.5. The maximum Gasteiger partial charge on any atom is 0.222 e. The van der Waals surface area contributed by atoms with Gasteiger partial charge >= 0.3 is 0 Å². The number of piperidine rings is 1. The van der Waals surface area contributed by atoms with Gasteiger partial charge in [-0.25, -0.2) is 4.98 Å². The van der Waals surface area contributed by atoms with Gasteiger partial charge in [0.1, 0.15) is 5.76 Å². The number of H-pyrrole nitrogens is 1. The topological polar surface area (TPSA) is 87.9 Å². The summed E-state index contributed by atoms with van der Waals surface area (Å²) in [5.74, 6) is 1.28. The molecule has 0 bridgehead atoms. The number of likely N-dealkylation sites (tertiary alicyclic amines) is 1. The lowest BCUT2D eigenvalue weighted by atomic mass is 9.93. The molecule has 3 aromatic heterocycles. The van der Waals surface area contributed by atoms with Crippen LogP contribution in [-0.4, -0.2) is 44.2 Å². The highest BCUT2D eigenvalue weighted by Gasteiger charge is 2.26. The molecule has 1 amide bonds. The van der Waals surface area contributed by atoms with E-state index in [0.29, 0.717) is 12.8 Å². The number of carbonyl (C=O) groups is 1. The molecule has 0 saturated carbocycles. The minimum atomic E-state index is 0.192. The van der Waals surface area contributed by atoms with Crippen LogP contribution in [0.15, 0.2) is 22.9 Å². The van der Waals surface area contributed by atoms with Gasteiger partial charge in [0.2, 0.25) is 5.91 Å². The highest BCUT2D eigenvalue weighted by Crippen LogP contribution is 2.27. The molecule has 1 saturated heterocycles. The third kappa shape index (κ3) is 3.21. The summed E-state index contributed by atoms with van der Waals surface area (Å²) >= 11 is 0. The van der Waals surface area contributed by atoms with Crippen molar-refractivity contribution in [2.45, 2.75) is 45.4 Å². The molecular formula is C19H23N5O2. The lowest BCUT2D eigenvalue weighted by Gasteiger charge is -2.32. The van der Waals surface area contributed by atoms with E-state index in [1.807, 2.05) is 24.8 Å². The summed E-state index contributed by atoms with van der Waals surface area (Å²) in [5.41, 5.74) is 3.77. The van der Waals surface area contributed by atoms with E-state index in [9.17, 15) is 4.79 Å². The number of fused-ring (bicyclic) bond motifs is 1. The van der Waals surface area contributed by atoms with Crippen LogP contribution in [0, 0.1) is 13.8 Å². The molecule has 0 aromatic carbocycles. The van der Waals surface area contributed by atoms with Gasteiger partial charge in [-0.3, -0.25) is 9.89 Å². The molecule has 136 valence electrons. The minimum absolute atomic E-state index is 0.192. The zero-order valence-corrected chi connectivity index (χ0v) is 15.2. The quantitative estimate of drug-likeness (QED) is 0.779. The Morgan fingerprint density at radius 1 is 1.38 bits per heavy atom. The number of nitrogens with zero attached hydrogens (tertiary/aromatic N) is 4. The first kappa shape index (κ1) is 16.8. The molecule has 7 nitrogen and oxygen atoms in total. The molecular weight excluding hydrogens is 330 g/mol. The summed E-state index contributed by atoms with van der Waals surface area (Å²) in [6.07, 6.45) is 5.00. The van der Waals surface area contributed by atoms with Gasteiger partial charge in [-0.1, -0.05) is 5.16 Å². The van der Waals surface area contributed by atoms with E-state index < -0.39 is 0 Å². The van der Waals surface area contributed by atoms with E-state index in [1.54, 1.807) is 6.20 Å². The van der Waals surface area contributed by atoms with Crippen LogP contribution in [-0.2, 0) is 11.2 Å². The fraction of sp³-hybridized carbons (Fsp3) is 0.474. The number of pyridine rings is 1. The molecule has 0 unspecified atom stereocenters. The fourth-order valence-corrected chi connectivity index (χ4v) is 3.76. The molecule has 1 atom stereocenters. The summed E-state index contributed by atoms with van der Waals surface area (Å²) in [5, 5.41) is 11.9. The predicted octanol–water partition coefficient (Wildman–Crippen LogP) is 2.90. The van der Waals surface area contributed by atoms with Crippen molar-refractivity contribution in [1.82, 2.24) is 25.2 Å². The monoisotopic (exact) mass is 353 g/mol. The number of aromatic nitrogens is 4. The van der Waals surface area contributed by atoms with E-state index in [2.05, 4.69) is 26.4 Å². The number of amides is 1. The van der Waals surface area contributed by atoms with Crippen LogP contribution >= 0.6 is 0 Å². The van der Waals surface area contributed by atoms with Crippen LogP contribution in [0.2, 0.25) is 0 Å². The first-order valence-electron chi connectivity index (χ1n) is 9.11. The van der Waals surface area contributed by atoms with Crippen LogP contribution in [0.3, 0.4) is 0 Å². The molecule has 26 heavy (non-hydrogen) atoms. The molecule has 0 radical (unpaired) electrons. The van der Waals surface area contributed by atoms with Gasteiger partial charge < -0.3 is 9.42 Å². The van der Waals surface area contributed by atoms with Crippen molar-refractivity contribution in [3.8, 4) is 0 Å². The summed E-state index contributed by atoms with van der Waals surface area (Å²) < 4.78 is 5.19. The van der Waals surface area contributed by atoms with Gasteiger partial charge in [-0.15, -0.1) is 0 Å². The third-order valence-electron chi connectivity index (χ3n) is 5.28. The fourth-order valence-electron chi connectivity index (χ4n) is 3.76. The molecule has 1 aliphatic heterocycles. The first-order valence-corrected chi connectivity index (χ1v) is 9.11. The largest absolute Gasteiger partial charge is 0.361 e. The molecule has 0 spiro atoms. The Bertz CT molecular complexity index is 910. The maximum atomic E-state index is 12.7. The average Bonchev–Trinajstić information content (AvgIpc) is 3.26. The van der Waals surface area contributed by atoms with Crippen LogP contribution in [0.25, 0.3) is 11.0 Å². The molecule has 1 aliphatic rings. The zero-order chi connectivity index (χ0) is 18.1. The maximum absolute atomic E-state index is 12.7. The van der Waals surface area contributed by atoms with Crippen LogP contribution < -0.4 is 0 Å². The predicted molar refractivity (Wildman–Crippen MR) is 96.7 cm³/mol. The second-order valence-electron chi connectivity index (χ2n) is 7.03. The van der Waals surface area contributed by atoms with E-state index in [-0.39, 0.29) is 11.8 Å². The number of aryl methyl sites for hydroxylation is 2. The second-order valence-corrected chi connectivity index (χ2v) is 7.03. The normalized spacial score (nSPS) is 17.8. The second kappa shape index (κ2) is 6.90. The Morgan fingerprint density at radius 2 is 2.27 bits per heavy atom. The molecule has 1 fully saturated rings. The summed E-state index contributed by atoms with van der Waals surface area (Å²) in [6.45, 7) is 5.37. The standard InChI is InChI=1S/C19H23N5O2/c1-12-16(13(2)26-23-12)6-8-18(25)24-9-3-4-15(11-24)17-7-5-14-10-20-22-19(14)21-17/h5,7,10,15H,3-4,6,8-9,11H2,1-2H3,(H,20,21,22)/t15-/m1/s1. The van der Waals surface area contributed by atoms with Gasteiger partial charge in [0.15, 0.2) is 5.65 Å². The Hall–Kier alpha value is -2.70. The summed E-state index contributed by atoms with van der Waals surface area (Å²) in [6, 6.07) is 4.10. The van der Waals surface area contributed by atoms with Crippen molar-refractivity contribution in [2.75, 3.05) is 13.1 Å². The van der Waals surface area contributed by atoms with Gasteiger partial charge in [0.25, 0.3) is 0 Å². The zero-order valence-electron chi connectivity index (χ0n) is 15.2. The van der Waals surface area contributed by atoms with Crippen molar-refractivity contribution in [2.24, 2.45) is 0 Å². The van der Waals surface area contributed by atoms with E-state index in [4.69, 9.17) is 4.52 Å². The van der Waals surface area contributed by atoms with Gasteiger partial charge in [0.05, 0.1) is 11.9 Å². The Kier molecular flexibility index (Phi) is 4.44. The number of hydrogen-bond donors (Lipinski definition) is 1. The number of hydrogen-bond acceptors (Lipinski definition) is 5. The Labute approximate surface area is 151 Å².